The van der Waals surface area contributed by atoms with Crippen LogP contribution in [0.5, 0.6) is 0 Å². The Bertz CT molecular complexity index is 1120. The second-order valence-electron chi connectivity index (χ2n) is 8.21. The molecule has 0 spiro atoms. The number of hydrogen-bond acceptors (Lipinski definition) is 2. The molecule has 0 saturated heterocycles. The Labute approximate surface area is 191 Å². The molecule has 3 atom stereocenters. The first-order valence-electron chi connectivity index (χ1n) is 10.8. The van der Waals surface area contributed by atoms with Crippen molar-refractivity contribution in [3.8, 4) is 0 Å². The third kappa shape index (κ3) is 3.70. The van der Waals surface area contributed by atoms with Gasteiger partial charge in [0.15, 0.2) is 0 Å². The van der Waals surface area contributed by atoms with E-state index in [0.717, 1.165) is 27.8 Å². The van der Waals surface area contributed by atoms with Gasteiger partial charge in [0, 0.05) is 33.9 Å². The fraction of sp³-hybridized carbons (Fsp3) is 0.222. The lowest BCUT2D eigenvalue weighted by Crippen LogP contribution is -2.32. The molecule has 1 N–H and O–H groups in total. The summed E-state index contributed by atoms with van der Waals surface area (Å²) in [6, 6.07) is 24.9. The average molecular weight is 473 g/mol. The van der Waals surface area contributed by atoms with Gasteiger partial charge in [-0.3, -0.25) is 4.79 Å². The Balaban J connectivity index is 1.48. The van der Waals surface area contributed by atoms with Crippen LogP contribution in [0.25, 0.3) is 0 Å². The Kier molecular flexibility index (Phi) is 5.41. The molecule has 3 aromatic rings. The van der Waals surface area contributed by atoms with E-state index in [-0.39, 0.29) is 11.9 Å². The number of nitrogens with zero attached hydrogens (tertiary/aromatic N) is 1. The summed E-state index contributed by atoms with van der Waals surface area (Å²) in [5.41, 5.74) is 5.32. The number of carbonyl (C=O) groups is 1. The van der Waals surface area contributed by atoms with Crippen molar-refractivity contribution in [1.82, 2.24) is 0 Å². The summed E-state index contributed by atoms with van der Waals surface area (Å²) >= 11 is 3.54. The summed E-state index contributed by atoms with van der Waals surface area (Å²) in [5.74, 6) is 0.824. The third-order valence-corrected chi connectivity index (χ3v) is 7.00. The highest BCUT2D eigenvalue weighted by atomic mass is 79.9. The summed E-state index contributed by atoms with van der Waals surface area (Å²) in [6.07, 6.45) is 5.65. The number of fused-ring (bicyclic) bond motifs is 3. The van der Waals surface area contributed by atoms with Gasteiger partial charge in [0.2, 0.25) is 0 Å². The van der Waals surface area contributed by atoms with Crippen LogP contribution in [0.2, 0.25) is 0 Å². The molecular formula is C27H25BrN2O. The van der Waals surface area contributed by atoms with Gasteiger partial charge in [-0.25, -0.2) is 0 Å². The van der Waals surface area contributed by atoms with Gasteiger partial charge in [-0.05, 0) is 72.9 Å². The molecule has 31 heavy (non-hydrogen) atoms. The quantitative estimate of drug-likeness (QED) is 0.416. The van der Waals surface area contributed by atoms with Crippen LogP contribution in [0.15, 0.2) is 89.4 Å². The summed E-state index contributed by atoms with van der Waals surface area (Å²) in [4.78, 5) is 15.2. The molecule has 4 heteroatoms. The maximum Gasteiger partial charge on any atom is 0.258 e. The van der Waals surface area contributed by atoms with Gasteiger partial charge in [0.05, 0.1) is 6.04 Å². The number of carbonyl (C=O) groups excluding carboxylic acids is 1. The van der Waals surface area contributed by atoms with Crippen molar-refractivity contribution in [3.63, 3.8) is 0 Å². The predicted molar refractivity (Wildman–Crippen MR) is 131 cm³/mol. The number of para-hydroxylation sites is 1. The molecule has 0 fully saturated rings. The zero-order valence-electron chi connectivity index (χ0n) is 17.5. The van der Waals surface area contributed by atoms with Crippen LogP contribution in [0.4, 0.5) is 11.4 Å². The van der Waals surface area contributed by atoms with E-state index < -0.39 is 0 Å². The summed E-state index contributed by atoms with van der Waals surface area (Å²) in [7, 11) is 0. The normalized spacial score (nSPS) is 21.2. The first-order chi connectivity index (χ1) is 15.2. The van der Waals surface area contributed by atoms with Crippen LogP contribution in [0.1, 0.15) is 46.8 Å². The van der Waals surface area contributed by atoms with Crippen molar-refractivity contribution < 1.29 is 4.79 Å². The Morgan fingerprint density at radius 3 is 2.58 bits per heavy atom. The number of hydrogen-bond donors (Lipinski definition) is 1. The minimum absolute atomic E-state index is 0.0464. The first-order valence-corrected chi connectivity index (χ1v) is 11.6. The fourth-order valence-electron chi connectivity index (χ4n) is 4.93. The molecule has 3 nitrogen and oxygen atoms in total. The van der Waals surface area contributed by atoms with E-state index in [9.17, 15) is 4.79 Å². The highest BCUT2D eigenvalue weighted by molar-refractivity contribution is 9.10. The van der Waals surface area contributed by atoms with Crippen molar-refractivity contribution in [2.45, 2.75) is 25.3 Å². The number of benzene rings is 3. The zero-order chi connectivity index (χ0) is 21.4. The molecule has 156 valence electrons. The van der Waals surface area contributed by atoms with Crippen LogP contribution in [-0.2, 0) is 0 Å². The van der Waals surface area contributed by atoms with Crippen LogP contribution < -0.4 is 10.2 Å². The maximum absolute atomic E-state index is 13.4. The van der Waals surface area contributed by atoms with Gasteiger partial charge < -0.3 is 10.2 Å². The number of allylic oxidation sites excluding steroid dienone is 2. The van der Waals surface area contributed by atoms with E-state index in [4.69, 9.17) is 0 Å². The number of anilines is 2. The van der Waals surface area contributed by atoms with Gasteiger partial charge in [-0.1, -0.05) is 58.4 Å². The molecule has 3 unspecified atom stereocenters. The first kappa shape index (κ1) is 20.1. The largest absolute Gasteiger partial charge is 0.378 e. The second kappa shape index (κ2) is 8.35. The summed E-state index contributed by atoms with van der Waals surface area (Å²) in [6.45, 7) is 2.65. The van der Waals surface area contributed by atoms with Crippen molar-refractivity contribution >= 4 is 33.2 Å². The minimum atomic E-state index is 0.0464. The molecule has 1 amide bonds. The van der Waals surface area contributed by atoms with E-state index in [2.05, 4.69) is 69.8 Å². The lowest BCUT2D eigenvalue weighted by molar-refractivity contribution is 0.0988. The van der Waals surface area contributed by atoms with E-state index >= 15 is 0 Å². The summed E-state index contributed by atoms with van der Waals surface area (Å²) < 4.78 is 1.09. The van der Waals surface area contributed by atoms with E-state index in [1.54, 1.807) is 0 Å². The van der Waals surface area contributed by atoms with Crippen molar-refractivity contribution in [3.05, 3.63) is 106 Å². The fourth-order valence-corrected chi connectivity index (χ4v) is 5.20. The topological polar surface area (TPSA) is 32.3 Å². The average Bonchev–Trinajstić information content (AvgIpc) is 3.30. The molecular weight excluding hydrogens is 448 g/mol. The van der Waals surface area contributed by atoms with Gasteiger partial charge in [0.25, 0.3) is 5.91 Å². The van der Waals surface area contributed by atoms with Crippen LogP contribution in [-0.4, -0.2) is 12.5 Å². The molecule has 3 aromatic carbocycles. The van der Waals surface area contributed by atoms with Crippen molar-refractivity contribution in [2.24, 2.45) is 5.92 Å². The van der Waals surface area contributed by atoms with E-state index in [0.29, 0.717) is 18.4 Å². The predicted octanol–water partition coefficient (Wildman–Crippen LogP) is 6.94. The standard InChI is InChI=1S/C27H25BrN2O/c1-2-30(21-7-4-3-5-8-21)27(31)19-13-16-25-24(17-19)22-9-6-10-23(22)26(29-25)18-11-14-20(28)15-12-18/h3-9,11-17,22-23,26,29H,2,10H2,1H3. The Hall–Kier alpha value is -2.85. The minimum Gasteiger partial charge on any atom is -0.378 e. The lowest BCUT2D eigenvalue weighted by atomic mass is 9.76. The monoisotopic (exact) mass is 472 g/mol. The molecule has 1 aliphatic heterocycles. The lowest BCUT2D eigenvalue weighted by Gasteiger charge is -2.38. The van der Waals surface area contributed by atoms with Crippen LogP contribution >= 0.6 is 15.9 Å². The number of rotatable bonds is 4. The number of nitrogens with one attached hydrogen (secondary N) is 1. The maximum atomic E-state index is 13.4. The molecule has 0 saturated carbocycles. The van der Waals surface area contributed by atoms with Gasteiger partial charge in [-0.15, -0.1) is 0 Å². The van der Waals surface area contributed by atoms with Gasteiger partial charge in [-0.2, -0.15) is 0 Å². The molecule has 1 aliphatic carbocycles. The SMILES string of the molecule is CCN(C(=O)c1ccc2c(c1)C1C=CCC1C(c1ccc(Br)cc1)N2)c1ccccc1. The number of halogens is 1. The van der Waals surface area contributed by atoms with Crippen LogP contribution in [0, 0.1) is 5.92 Å². The highest BCUT2D eigenvalue weighted by Gasteiger charge is 2.38. The van der Waals surface area contributed by atoms with Crippen molar-refractivity contribution in [1.29, 1.82) is 0 Å². The van der Waals surface area contributed by atoms with E-state index in [1.807, 2.05) is 48.2 Å². The zero-order valence-corrected chi connectivity index (χ0v) is 19.0. The molecule has 0 bridgehead atoms. The Morgan fingerprint density at radius 2 is 1.84 bits per heavy atom. The highest BCUT2D eigenvalue weighted by Crippen LogP contribution is 2.50. The van der Waals surface area contributed by atoms with Gasteiger partial charge in [0.1, 0.15) is 0 Å². The van der Waals surface area contributed by atoms with Crippen LogP contribution in [0.3, 0.4) is 0 Å². The number of amides is 1. The van der Waals surface area contributed by atoms with Gasteiger partial charge >= 0.3 is 0 Å². The van der Waals surface area contributed by atoms with Crippen molar-refractivity contribution in [2.75, 3.05) is 16.8 Å². The summed E-state index contributed by atoms with van der Waals surface area (Å²) in [5, 5.41) is 3.76. The third-order valence-electron chi connectivity index (χ3n) is 6.47. The molecule has 0 radical (unpaired) electrons. The smallest absolute Gasteiger partial charge is 0.258 e. The van der Waals surface area contributed by atoms with E-state index in [1.165, 1.54) is 11.1 Å². The molecule has 2 aliphatic rings. The molecule has 1 heterocycles. The molecule has 5 rings (SSSR count). The second-order valence-corrected chi connectivity index (χ2v) is 9.13. The molecule has 0 aromatic heterocycles. The Morgan fingerprint density at radius 1 is 1.06 bits per heavy atom.